The lowest BCUT2D eigenvalue weighted by atomic mass is 9.90. The molecule has 1 aromatic carbocycles. The molecule has 2 atom stereocenters. The van der Waals surface area contributed by atoms with Gasteiger partial charge in [-0.15, -0.1) is 0 Å². The fourth-order valence-corrected chi connectivity index (χ4v) is 2.94. The quantitative estimate of drug-likeness (QED) is 0.941. The summed E-state index contributed by atoms with van der Waals surface area (Å²) in [5.74, 6) is -1.14. The molecule has 3 rings (SSSR count). The van der Waals surface area contributed by atoms with Crippen LogP contribution in [0.5, 0.6) is 0 Å². The van der Waals surface area contributed by atoms with Crippen LogP contribution in [0.3, 0.4) is 0 Å². The number of carbonyl (C=O) groups excluding carboxylic acids is 1. The van der Waals surface area contributed by atoms with E-state index in [-0.39, 0.29) is 24.1 Å². The molecule has 1 amide bonds. The van der Waals surface area contributed by atoms with Gasteiger partial charge in [0.25, 0.3) is 5.91 Å². The normalized spacial score (nSPS) is 21.2. The molecule has 0 radical (unpaired) electrons. The van der Waals surface area contributed by atoms with Crippen LogP contribution in [0, 0.1) is 11.8 Å². The lowest BCUT2D eigenvalue weighted by Crippen LogP contribution is -2.45. The highest BCUT2D eigenvalue weighted by Gasteiger charge is 2.33. The second-order valence-corrected chi connectivity index (χ2v) is 5.99. The summed E-state index contributed by atoms with van der Waals surface area (Å²) >= 11 is 0. The zero-order chi connectivity index (χ0) is 16.4. The number of carboxylic acids is 1. The molecule has 23 heavy (non-hydrogen) atoms. The fourth-order valence-electron chi connectivity index (χ4n) is 2.94. The van der Waals surface area contributed by atoms with E-state index in [1.165, 1.54) is 6.26 Å². The predicted molar refractivity (Wildman–Crippen MR) is 82.7 cm³/mol. The van der Waals surface area contributed by atoms with E-state index in [0.717, 1.165) is 5.56 Å². The zero-order valence-electron chi connectivity index (χ0n) is 12.8. The lowest BCUT2D eigenvalue weighted by Gasteiger charge is -2.34. The summed E-state index contributed by atoms with van der Waals surface area (Å²) < 4.78 is 5.39. The van der Waals surface area contributed by atoms with Crippen LogP contribution in [0.15, 0.2) is 41.0 Å². The molecule has 0 bridgehead atoms. The molecule has 2 unspecified atom stereocenters. The van der Waals surface area contributed by atoms with Crippen LogP contribution in [-0.4, -0.2) is 40.0 Å². The number of likely N-dealkylation sites (tertiary alicyclic amines) is 1. The first-order valence-corrected chi connectivity index (χ1v) is 7.57. The Labute approximate surface area is 133 Å². The largest absolute Gasteiger partial charge is 0.481 e. The highest BCUT2D eigenvalue weighted by atomic mass is 16.4. The molecular weight excluding hydrogens is 296 g/mol. The SMILES string of the molecule is CC1CC(C(=O)O)CN(C(=O)c2coc(-c3ccccc3)n2)C1. The molecule has 1 fully saturated rings. The van der Waals surface area contributed by atoms with E-state index in [2.05, 4.69) is 4.98 Å². The molecule has 0 aliphatic carbocycles. The van der Waals surface area contributed by atoms with Crippen molar-refractivity contribution < 1.29 is 19.1 Å². The standard InChI is InChI=1S/C17H18N2O4/c1-11-7-13(17(21)22)9-19(8-11)16(20)14-10-23-15(18-14)12-5-3-2-4-6-12/h2-6,10-11,13H,7-9H2,1H3,(H,21,22). The van der Waals surface area contributed by atoms with Crippen molar-refractivity contribution in [3.63, 3.8) is 0 Å². The Balaban J connectivity index is 1.78. The maximum atomic E-state index is 12.6. The van der Waals surface area contributed by atoms with Gasteiger partial charge >= 0.3 is 5.97 Å². The third-order valence-electron chi connectivity index (χ3n) is 4.04. The van der Waals surface area contributed by atoms with Gasteiger partial charge in [0.15, 0.2) is 5.69 Å². The van der Waals surface area contributed by atoms with Crippen LogP contribution in [0.1, 0.15) is 23.8 Å². The molecule has 1 aromatic heterocycles. The Bertz CT molecular complexity index is 710. The van der Waals surface area contributed by atoms with Gasteiger partial charge in [0.1, 0.15) is 6.26 Å². The van der Waals surface area contributed by atoms with Crippen molar-refractivity contribution in [2.24, 2.45) is 11.8 Å². The van der Waals surface area contributed by atoms with Gasteiger partial charge in [-0.25, -0.2) is 4.98 Å². The molecule has 1 saturated heterocycles. The lowest BCUT2D eigenvalue weighted by molar-refractivity contribution is -0.143. The van der Waals surface area contributed by atoms with Crippen molar-refractivity contribution >= 4 is 11.9 Å². The Morgan fingerprint density at radius 1 is 1.26 bits per heavy atom. The van der Waals surface area contributed by atoms with Gasteiger partial charge in [0.05, 0.1) is 5.92 Å². The monoisotopic (exact) mass is 314 g/mol. The van der Waals surface area contributed by atoms with Crippen molar-refractivity contribution in [2.75, 3.05) is 13.1 Å². The minimum absolute atomic E-state index is 0.147. The highest BCUT2D eigenvalue weighted by molar-refractivity contribution is 5.93. The first-order chi connectivity index (χ1) is 11.0. The van der Waals surface area contributed by atoms with Crippen molar-refractivity contribution in [1.82, 2.24) is 9.88 Å². The van der Waals surface area contributed by atoms with E-state index in [1.54, 1.807) is 4.90 Å². The second kappa shape index (κ2) is 6.24. The van der Waals surface area contributed by atoms with Crippen LogP contribution in [0.2, 0.25) is 0 Å². The van der Waals surface area contributed by atoms with Gasteiger partial charge in [-0.2, -0.15) is 0 Å². The van der Waals surface area contributed by atoms with Gasteiger partial charge in [-0.3, -0.25) is 9.59 Å². The number of hydrogen-bond donors (Lipinski definition) is 1. The fraction of sp³-hybridized carbons (Fsp3) is 0.353. The van der Waals surface area contributed by atoms with E-state index >= 15 is 0 Å². The molecule has 1 aliphatic heterocycles. The van der Waals surface area contributed by atoms with Gasteiger partial charge in [0.2, 0.25) is 5.89 Å². The van der Waals surface area contributed by atoms with Crippen LogP contribution >= 0.6 is 0 Å². The van der Waals surface area contributed by atoms with E-state index in [1.807, 2.05) is 37.3 Å². The van der Waals surface area contributed by atoms with Crippen molar-refractivity contribution in [3.05, 3.63) is 42.3 Å². The van der Waals surface area contributed by atoms with E-state index < -0.39 is 11.9 Å². The molecule has 1 N–H and O–H groups in total. The molecule has 120 valence electrons. The zero-order valence-corrected chi connectivity index (χ0v) is 12.8. The summed E-state index contributed by atoms with van der Waals surface area (Å²) in [4.78, 5) is 29.6. The summed E-state index contributed by atoms with van der Waals surface area (Å²) in [7, 11) is 0. The molecule has 2 heterocycles. The Morgan fingerprint density at radius 2 is 2.00 bits per heavy atom. The Hall–Kier alpha value is -2.63. The number of rotatable bonds is 3. The molecule has 6 nitrogen and oxygen atoms in total. The number of piperidine rings is 1. The number of nitrogens with zero attached hydrogens (tertiary/aromatic N) is 2. The Morgan fingerprint density at radius 3 is 2.70 bits per heavy atom. The number of benzene rings is 1. The molecule has 6 heteroatoms. The number of aliphatic carboxylic acids is 1. The van der Waals surface area contributed by atoms with Crippen molar-refractivity contribution in [1.29, 1.82) is 0 Å². The minimum atomic E-state index is -0.862. The van der Waals surface area contributed by atoms with Crippen LogP contribution in [0.25, 0.3) is 11.5 Å². The van der Waals surface area contributed by atoms with Gasteiger partial charge in [-0.05, 0) is 24.5 Å². The summed E-state index contributed by atoms with van der Waals surface area (Å²) in [6.45, 7) is 2.70. The first-order valence-electron chi connectivity index (χ1n) is 7.57. The molecule has 0 spiro atoms. The van der Waals surface area contributed by atoms with Crippen molar-refractivity contribution in [3.8, 4) is 11.5 Å². The van der Waals surface area contributed by atoms with Crippen molar-refractivity contribution in [2.45, 2.75) is 13.3 Å². The average molecular weight is 314 g/mol. The topological polar surface area (TPSA) is 83.6 Å². The van der Waals surface area contributed by atoms with E-state index in [9.17, 15) is 14.7 Å². The highest BCUT2D eigenvalue weighted by Crippen LogP contribution is 2.24. The third-order valence-corrected chi connectivity index (χ3v) is 4.04. The minimum Gasteiger partial charge on any atom is -0.481 e. The first kappa shape index (κ1) is 15.3. The van der Waals surface area contributed by atoms with E-state index in [4.69, 9.17) is 4.42 Å². The molecule has 0 saturated carbocycles. The number of aromatic nitrogens is 1. The maximum Gasteiger partial charge on any atom is 0.308 e. The number of hydrogen-bond acceptors (Lipinski definition) is 4. The Kier molecular flexibility index (Phi) is 4.14. The number of amides is 1. The predicted octanol–water partition coefficient (Wildman–Crippen LogP) is 2.52. The maximum absolute atomic E-state index is 12.6. The number of oxazole rings is 1. The van der Waals surface area contributed by atoms with Crippen LogP contribution < -0.4 is 0 Å². The van der Waals surface area contributed by atoms with Gasteiger partial charge in [-0.1, -0.05) is 25.1 Å². The van der Waals surface area contributed by atoms with Gasteiger partial charge in [0, 0.05) is 18.7 Å². The summed E-state index contributed by atoms with van der Waals surface area (Å²) in [6, 6.07) is 9.32. The van der Waals surface area contributed by atoms with Crippen LogP contribution in [-0.2, 0) is 4.79 Å². The summed E-state index contributed by atoms with van der Waals surface area (Å²) in [5, 5.41) is 9.21. The number of carboxylic acid groups (broad SMARTS) is 1. The summed E-state index contributed by atoms with van der Waals surface area (Å²) in [6.07, 6.45) is 1.92. The van der Waals surface area contributed by atoms with Gasteiger partial charge < -0.3 is 14.4 Å². The number of carbonyl (C=O) groups is 2. The molecular formula is C17H18N2O4. The second-order valence-electron chi connectivity index (χ2n) is 5.99. The molecule has 1 aliphatic rings. The average Bonchev–Trinajstić information content (AvgIpc) is 3.04. The van der Waals surface area contributed by atoms with E-state index in [0.29, 0.717) is 18.9 Å². The molecule has 2 aromatic rings. The summed E-state index contributed by atoms with van der Waals surface area (Å²) in [5.41, 5.74) is 1.00. The van der Waals surface area contributed by atoms with Crippen LogP contribution in [0.4, 0.5) is 0 Å². The third kappa shape index (κ3) is 3.26. The smallest absolute Gasteiger partial charge is 0.308 e.